The molecule has 0 aromatic heterocycles. The molecule has 2 aromatic rings. The van der Waals surface area contributed by atoms with Gasteiger partial charge in [-0.15, -0.1) is 0 Å². The third kappa shape index (κ3) is 3.08. The molecule has 3 heteroatoms. The van der Waals surface area contributed by atoms with Crippen molar-refractivity contribution in [3.63, 3.8) is 0 Å². The molecular formula is C14H13FOS. The second-order valence-corrected chi connectivity index (χ2v) is 4.93. The van der Waals surface area contributed by atoms with E-state index in [0.717, 1.165) is 20.9 Å². The highest BCUT2D eigenvalue weighted by atomic mass is 32.2. The number of benzene rings is 2. The normalized spacial score (nSPS) is 10.5. The van der Waals surface area contributed by atoms with E-state index in [1.165, 1.54) is 23.9 Å². The standard InChI is InChI=1S/C14H13FOS/c1-10-7-11(9-16)5-6-14(10)17-13-4-2-3-12(15)8-13/h2-8,16H,9H2,1H3. The second kappa shape index (κ2) is 5.34. The predicted octanol–water partition coefficient (Wildman–Crippen LogP) is 3.78. The Labute approximate surface area is 104 Å². The Bertz CT molecular complexity index is 525. The zero-order chi connectivity index (χ0) is 12.3. The van der Waals surface area contributed by atoms with Crippen LogP contribution < -0.4 is 0 Å². The van der Waals surface area contributed by atoms with Crippen molar-refractivity contribution < 1.29 is 9.50 Å². The van der Waals surface area contributed by atoms with Crippen molar-refractivity contribution in [2.75, 3.05) is 0 Å². The Morgan fingerprint density at radius 3 is 2.65 bits per heavy atom. The smallest absolute Gasteiger partial charge is 0.124 e. The number of rotatable bonds is 3. The molecule has 0 atom stereocenters. The van der Waals surface area contributed by atoms with Crippen LogP contribution in [0.1, 0.15) is 11.1 Å². The molecule has 0 aliphatic heterocycles. The minimum Gasteiger partial charge on any atom is -0.392 e. The summed E-state index contributed by atoms with van der Waals surface area (Å²) in [5.41, 5.74) is 1.98. The van der Waals surface area contributed by atoms with Gasteiger partial charge in [-0.25, -0.2) is 4.39 Å². The number of hydrogen-bond acceptors (Lipinski definition) is 2. The minimum atomic E-state index is -0.223. The van der Waals surface area contributed by atoms with E-state index in [2.05, 4.69) is 0 Å². The number of halogens is 1. The largest absolute Gasteiger partial charge is 0.392 e. The summed E-state index contributed by atoms with van der Waals surface area (Å²) in [4.78, 5) is 1.96. The van der Waals surface area contributed by atoms with Crippen molar-refractivity contribution >= 4 is 11.8 Å². The van der Waals surface area contributed by atoms with Crippen molar-refractivity contribution in [2.24, 2.45) is 0 Å². The lowest BCUT2D eigenvalue weighted by Crippen LogP contribution is -1.86. The summed E-state index contributed by atoms with van der Waals surface area (Å²) >= 11 is 1.53. The van der Waals surface area contributed by atoms with Crippen LogP contribution in [0.2, 0.25) is 0 Å². The van der Waals surface area contributed by atoms with Crippen LogP contribution in [-0.4, -0.2) is 5.11 Å². The third-order valence-corrected chi connectivity index (χ3v) is 3.61. The molecular weight excluding hydrogens is 235 g/mol. The maximum absolute atomic E-state index is 13.0. The summed E-state index contributed by atoms with van der Waals surface area (Å²) in [7, 11) is 0. The molecule has 0 radical (unpaired) electrons. The summed E-state index contributed by atoms with van der Waals surface area (Å²) in [5.74, 6) is -0.223. The molecule has 17 heavy (non-hydrogen) atoms. The Morgan fingerprint density at radius 2 is 2.00 bits per heavy atom. The van der Waals surface area contributed by atoms with E-state index < -0.39 is 0 Å². The Balaban J connectivity index is 2.24. The lowest BCUT2D eigenvalue weighted by atomic mass is 10.1. The van der Waals surface area contributed by atoms with E-state index in [9.17, 15) is 4.39 Å². The maximum Gasteiger partial charge on any atom is 0.124 e. The maximum atomic E-state index is 13.0. The SMILES string of the molecule is Cc1cc(CO)ccc1Sc1cccc(F)c1. The van der Waals surface area contributed by atoms with E-state index in [0.29, 0.717) is 0 Å². The molecule has 0 aliphatic carbocycles. The van der Waals surface area contributed by atoms with Crippen molar-refractivity contribution in [2.45, 2.75) is 23.3 Å². The van der Waals surface area contributed by atoms with Gasteiger partial charge in [-0.3, -0.25) is 0 Å². The second-order valence-electron chi connectivity index (χ2n) is 3.82. The third-order valence-electron chi connectivity index (χ3n) is 2.45. The Kier molecular flexibility index (Phi) is 3.82. The van der Waals surface area contributed by atoms with E-state index in [4.69, 9.17) is 5.11 Å². The molecule has 0 aliphatic rings. The summed E-state index contributed by atoms with van der Waals surface area (Å²) in [5, 5.41) is 9.02. The average Bonchev–Trinajstić information content (AvgIpc) is 2.32. The fraction of sp³-hybridized carbons (Fsp3) is 0.143. The molecule has 0 saturated heterocycles. The van der Waals surface area contributed by atoms with Crippen LogP contribution in [0, 0.1) is 12.7 Å². The molecule has 0 heterocycles. The van der Waals surface area contributed by atoms with Gasteiger partial charge in [-0.2, -0.15) is 0 Å². The van der Waals surface area contributed by atoms with Gasteiger partial charge in [-0.05, 0) is 42.3 Å². The molecule has 88 valence electrons. The van der Waals surface area contributed by atoms with E-state index in [1.807, 2.05) is 31.2 Å². The van der Waals surface area contributed by atoms with E-state index >= 15 is 0 Å². The lowest BCUT2D eigenvalue weighted by Gasteiger charge is -2.07. The first-order chi connectivity index (χ1) is 8.19. The molecule has 0 bridgehead atoms. The molecule has 0 spiro atoms. The summed E-state index contributed by atoms with van der Waals surface area (Å²) < 4.78 is 13.0. The van der Waals surface area contributed by atoms with Gasteiger partial charge < -0.3 is 5.11 Å². The van der Waals surface area contributed by atoms with Crippen LogP contribution in [0.4, 0.5) is 4.39 Å². The summed E-state index contributed by atoms with van der Waals surface area (Å²) in [6.07, 6.45) is 0. The van der Waals surface area contributed by atoms with Crippen molar-refractivity contribution in [1.29, 1.82) is 0 Å². The molecule has 2 rings (SSSR count). The number of aliphatic hydroxyl groups is 1. The van der Waals surface area contributed by atoms with Gasteiger partial charge in [0.15, 0.2) is 0 Å². The van der Waals surface area contributed by atoms with Gasteiger partial charge in [-0.1, -0.05) is 30.0 Å². The number of aryl methyl sites for hydroxylation is 1. The zero-order valence-corrected chi connectivity index (χ0v) is 10.3. The first-order valence-corrected chi connectivity index (χ1v) is 6.14. The lowest BCUT2D eigenvalue weighted by molar-refractivity contribution is 0.281. The quantitative estimate of drug-likeness (QED) is 0.892. The highest BCUT2D eigenvalue weighted by Crippen LogP contribution is 2.30. The number of aliphatic hydroxyl groups excluding tert-OH is 1. The van der Waals surface area contributed by atoms with Crippen molar-refractivity contribution in [3.8, 4) is 0 Å². The van der Waals surface area contributed by atoms with Crippen molar-refractivity contribution in [1.82, 2.24) is 0 Å². The van der Waals surface area contributed by atoms with Gasteiger partial charge in [0.25, 0.3) is 0 Å². The van der Waals surface area contributed by atoms with Crippen LogP contribution in [0.5, 0.6) is 0 Å². The van der Waals surface area contributed by atoms with Gasteiger partial charge in [0.05, 0.1) is 6.61 Å². The Morgan fingerprint density at radius 1 is 1.18 bits per heavy atom. The van der Waals surface area contributed by atoms with Crippen molar-refractivity contribution in [3.05, 3.63) is 59.4 Å². The highest BCUT2D eigenvalue weighted by Gasteiger charge is 2.03. The first-order valence-electron chi connectivity index (χ1n) is 5.33. The first kappa shape index (κ1) is 12.1. The molecule has 0 saturated carbocycles. The van der Waals surface area contributed by atoms with Gasteiger partial charge in [0.1, 0.15) is 5.82 Å². The van der Waals surface area contributed by atoms with E-state index in [1.54, 1.807) is 6.07 Å². The van der Waals surface area contributed by atoms with Crippen LogP contribution in [0.3, 0.4) is 0 Å². The van der Waals surface area contributed by atoms with Crippen LogP contribution in [0.25, 0.3) is 0 Å². The summed E-state index contributed by atoms with van der Waals surface area (Å²) in [6.45, 7) is 2.03. The fourth-order valence-corrected chi connectivity index (χ4v) is 2.51. The van der Waals surface area contributed by atoms with Crippen LogP contribution in [0.15, 0.2) is 52.3 Å². The predicted molar refractivity (Wildman–Crippen MR) is 67.6 cm³/mol. The van der Waals surface area contributed by atoms with Gasteiger partial charge >= 0.3 is 0 Å². The topological polar surface area (TPSA) is 20.2 Å². The zero-order valence-electron chi connectivity index (χ0n) is 9.48. The number of hydrogen-bond donors (Lipinski definition) is 1. The molecule has 0 amide bonds. The molecule has 0 unspecified atom stereocenters. The average molecular weight is 248 g/mol. The highest BCUT2D eigenvalue weighted by molar-refractivity contribution is 7.99. The van der Waals surface area contributed by atoms with Gasteiger partial charge in [0, 0.05) is 9.79 Å². The van der Waals surface area contributed by atoms with Crippen LogP contribution in [-0.2, 0) is 6.61 Å². The Hall–Kier alpha value is -1.32. The monoisotopic (exact) mass is 248 g/mol. The molecule has 1 N–H and O–H groups in total. The summed E-state index contributed by atoms with van der Waals surface area (Å²) in [6, 6.07) is 12.3. The van der Waals surface area contributed by atoms with Crippen LogP contribution >= 0.6 is 11.8 Å². The molecule has 1 nitrogen and oxygen atoms in total. The molecule has 0 fully saturated rings. The minimum absolute atomic E-state index is 0.0474. The molecule has 2 aromatic carbocycles. The van der Waals surface area contributed by atoms with E-state index in [-0.39, 0.29) is 12.4 Å². The fourth-order valence-electron chi connectivity index (χ4n) is 1.58. The van der Waals surface area contributed by atoms with Gasteiger partial charge in [0.2, 0.25) is 0 Å².